The summed E-state index contributed by atoms with van der Waals surface area (Å²) in [5.41, 5.74) is -3.70. The molecule has 4 aromatic rings. The maximum Gasteiger partial charge on any atom is 0.416 e. The number of para-hydroxylation sites is 1. The Morgan fingerprint density at radius 2 is 1.51 bits per heavy atom. The molecule has 0 aliphatic carbocycles. The zero-order chi connectivity index (χ0) is 31.5. The summed E-state index contributed by atoms with van der Waals surface area (Å²) in [6.45, 7) is 5.61. The van der Waals surface area contributed by atoms with Crippen LogP contribution in [0.15, 0.2) is 71.5 Å². The van der Waals surface area contributed by atoms with E-state index in [1.165, 1.54) is 9.47 Å². The van der Waals surface area contributed by atoms with Crippen LogP contribution in [0.3, 0.4) is 0 Å². The second-order valence-electron chi connectivity index (χ2n) is 9.77. The minimum absolute atomic E-state index is 0.0211. The number of hydrogen-bond donors (Lipinski definition) is 0. The van der Waals surface area contributed by atoms with Crippen molar-refractivity contribution in [2.45, 2.75) is 52.0 Å². The molecule has 0 N–H and O–H groups in total. The smallest absolute Gasteiger partial charge is 0.416 e. The average Bonchev–Trinajstić information content (AvgIpc) is 2.96. The fraction of sp³-hybridized carbons (Fsp3) is 0.323. The molecule has 43 heavy (non-hydrogen) atoms. The number of aromatic nitrogens is 2. The molecule has 0 aliphatic rings. The number of ether oxygens (including phenoxy) is 1. The van der Waals surface area contributed by atoms with Crippen LogP contribution in [0.1, 0.15) is 67.0 Å². The Hall–Kier alpha value is -4.35. The zero-order valence-corrected chi connectivity index (χ0v) is 23.6. The number of hydrogen-bond acceptors (Lipinski definition) is 4. The molecule has 228 valence electrons. The summed E-state index contributed by atoms with van der Waals surface area (Å²) in [6, 6.07) is 13.0. The molecule has 0 fully saturated rings. The van der Waals surface area contributed by atoms with E-state index in [4.69, 9.17) is 9.72 Å². The van der Waals surface area contributed by atoms with E-state index in [0.717, 1.165) is 0 Å². The lowest BCUT2D eigenvalue weighted by molar-refractivity contribution is -0.143. The maximum absolute atomic E-state index is 13.8. The Morgan fingerprint density at radius 3 is 2.05 bits per heavy atom. The van der Waals surface area contributed by atoms with Crippen molar-refractivity contribution >= 4 is 16.8 Å². The van der Waals surface area contributed by atoms with Crippen LogP contribution in [0.4, 0.5) is 26.3 Å². The Bertz CT molecular complexity index is 1630. The van der Waals surface area contributed by atoms with E-state index < -0.39 is 46.6 Å². The first-order chi connectivity index (χ1) is 20.3. The van der Waals surface area contributed by atoms with Crippen LogP contribution in [-0.2, 0) is 12.4 Å². The highest BCUT2D eigenvalue weighted by Crippen LogP contribution is 2.37. The number of alkyl halides is 6. The lowest BCUT2D eigenvalue weighted by Crippen LogP contribution is -2.39. The highest BCUT2D eigenvalue weighted by molar-refractivity contribution is 5.95. The Labute approximate surface area is 243 Å². The van der Waals surface area contributed by atoms with Crippen LogP contribution in [-0.4, -0.2) is 33.5 Å². The molecule has 6 nitrogen and oxygen atoms in total. The quantitative estimate of drug-likeness (QED) is 0.183. The monoisotopic (exact) mass is 605 g/mol. The van der Waals surface area contributed by atoms with Crippen LogP contribution in [0.5, 0.6) is 5.75 Å². The first-order valence-electron chi connectivity index (χ1n) is 13.7. The van der Waals surface area contributed by atoms with E-state index >= 15 is 0 Å². The van der Waals surface area contributed by atoms with Crippen molar-refractivity contribution in [1.82, 2.24) is 14.5 Å². The molecule has 0 saturated carbocycles. The van der Waals surface area contributed by atoms with Gasteiger partial charge >= 0.3 is 12.4 Å². The number of rotatable bonds is 9. The van der Waals surface area contributed by atoms with Gasteiger partial charge in [0.15, 0.2) is 0 Å². The number of halogens is 6. The van der Waals surface area contributed by atoms with Gasteiger partial charge in [0.1, 0.15) is 11.6 Å². The largest absolute Gasteiger partial charge is 0.494 e. The number of benzene rings is 3. The third kappa shape index (κ3) is 6.68. The second-order valence-corrected chi connectivity index (χ2v) is 9.77. The van der Waals surface area contributed by atoms with Gasteiger partial charge in [-0.15, -0.1) is 0 Å². The third-order valence-electron chi connectivity index (χ3n) is 6.83. The molecule has 12 heteroatoms. The SMILES string of the molecule is CCCN(C(=O)c1cc(C(F)(F)F)cc(C(F)(F)F)c1)C(CC)c1nc2ccccc2c(=O)n1-c1ccc(OCC)cc1. The molecule has 1 amide bonds. The number of carbonyl (C=O) groups is 1. The molecule has 3 aromatic carbocycles. The van der Waals surface area contributed by atoms with Crippen LogP contribution in [0.2, 0.25) is 0 Å². The minimum Gasteiger partial charge on any atom is -0.494 e. The molecule has 1 heterocycles. The predicted molar refractivity (Wildman–Crippen MR) is 149 cm³/mol. The summed E-state index contributed by atoms with van der Waals surface area (Å²) in [7, 11) is 0. The molecule has 1 unspecified atom stereocenters. The number of fused-ring (bicyclic) bond motifs is 1. The van der Waals surface area contributed by atoms with Crippen molar-refractivity contribution in [3.05, 3.63) is 99.6 Å². The highest BCUT2D eigenvalue weighted by Gasteiger charge is 2.39. The second kappa shape index (κ2) is 12.5. The number of nitrogens with zero attached hydrogens (tertiary/aromatic N) is 3. The van der Waals surface area contributed by atoms with Gasteiger partial charge in [0.05, 0.1) is 40.4 Å². The molecule has 1 atom stereocenters. The van der Waals surface area contributed by atoms with Crippen LogP contribution >= 0.6 is 0 Å². The standard InChI is InChI=1S/C31H29F6N3O3/c1-4-15-39(28(41)19-16-20(30(32,33)34)18-21(17-19)31(35,36)37)26(5-2)27-38-25-10-8-7-9-24(25)29(42)40(27)22-11-13-23(14-12-22)43-6-3/h7-14,16-18,26H,4-6,15H2,1-3H3. The molecular formula is C31H29F6N3O3. The minimum atomic E-state index is -5.12. The van der Waals surface area contributed by atoms with Gasteiger partial charge in [-0.25, -0.2) is 4.98 Å². The van der Waals surface area contributed by atoms with Crippen molar-refractivity contribution in [1.29, 1.82) is 0 Å². The highest BCUT2D eigenvalue weighted by atomic mass is 19.4. The van der Waals surface area contributed by atoms with Gasteiger partial charge in [-0.1, -0.05) is 26.0 Å². The zero-order valence-electron chi connectivity index (χ0n) is 23.6. The lowest BCUT2D eigenvalue weighted by atomic mass is 10.0. The van der Waals surface area contributed by atoms with Crippen molar-refractivity contribution in [2.24, 2.45) is 0 Å². The van der Waals surface area contributed by atoms with E-state index in [1.807, 2.05) is 6.92 Å². The van der Waals surface area contributed by atoms with Gasteiger partial charge in [0, 0.05) is 12.1 Å². The average molecular weight is 606 g/mol. The first-order valence-corrected chi connectivity index (χ1v) is 13.7. The van der Waals surface area contributed by atoms with E-state index in [1.54, 1.807) is 62.4 Å². The topological polar surface area (TPSA) is 64.4 Å². The van der Waals surface area contributed by atoms with Gasteiger partial charge < -0.3 is 9.64 Å². The predicted octanol–water partition coefficient (Wildman–Crippen LogP) is 7.83. The van der Waals surface area contributed by atoms with E-state index in [2.05, 4.69) is 0 Å². The first kappa shape index (κ1) is 31.6. The number of carbonyl (C=O) groups excluding carboxylic acids is 1. The molecule has 0 aliphatic heterocycles. The van der Waals surface area contributed by atoms with Crippen molar-refractivity contribution < 1.29 is 35.9 Å². The van der Waals surface area contributed by atoms with Gasteiger partial charge in [-0.3, -0.25) is 14.2 Å². The molecular weight excluding hydrogens is 576 g/mol. The summed E-state index contributed by atoms with van der Waals surface area (Å²) >= 11 is 0. The van der Waals surface area contributed by atoms with Crippen molar-refractivity contribution in [2.75, 3.05) is 13.2 Å². The van der Waals surface area contributed by atoms with Crippen LogP contribution < -0.4 is 10.3 Å². The summed E-state index contributed by atoms with van der Waals surface area (Å²) in [6.07, 6.45) is -9.76. The molecule has 1 aromatic heterocycles. The van der Waals surface area contributed by atoms with Crippen molar-refractivity contribution in [3.8, 4) is 11.4 Å². The maximum atomic E-state index is 13.8. The van der Waals surface area contributed by atoms with E-state index in [0.29, 0.717) is 42.1 Å². The summed E-state index contributed by atoms with van der Waals surface area (Å²) in [4.78, 5) is 33.6. The number of amides is 1. The Kier molecular flexibility index (Phi) is 9.17. The lowest BCUT2D eigenvalue weighted by Gasteiger charge is -2.32. The fourth-order valence-electron chi connectivity index (χ4n) is 4.91. The summed E-state index contributed by atoms with van der Waals surface area (Å²) in [5.74, 6) is -0.388. The molecule has 0 spiro atoms. The van der Waals surface area contributed by atoms with Gasteiger partial charge in [-0.2, -0.15) is 26.3 Å². The van der Waals surface area contributed by atoms with Crippen LogP contribution in [0.25, 0.3) is 16.6 Å². The van der Waals surface area contributed by atoms with E-state index in [-0.39, 0.29) is 30.2 Å². The van der Waals surface area contributed by atoms with Gasteiger partial charge in [0.25, 0.3) is 11.5 Å². The Balaban J connectivity index is 1.93. The summed E-state index contributed by atoms with van der Waals surface area (Å²) < 4.78 is 88.4. The molecule has 0 saturated heterocycles. The molecule has 0 radical (unpaired) electrons. The van der Waals surface area contributed by atoms with Crippen LogP contribution in [0, 0.1) is 0 Å². The Morgan fingerprint density at radius 1 is 0.907 bits per heavy atom. The molecule has 4 rings (SSSR count). The summed E-state index contributed by atoms with van der Waals surface area (Å²) in [5, 5.41) is 0.288. The van der Waals surface area contributed by atoms with Gasteiger partial charge in [-0.05, 0) is 74.4 Å². The van der Waals surface area contributed by atoms with E-state index in [9.17, 15) is 35.9 Å². The third-order valence-corrected chi connectivity index (χ3v) is 6.83. The fourth-order valence-corrected chi connectivity index (χ4v) is 4.91. The normalized spacial score (nSPS) is 12.8. The van der Waals surface area contributed by atoms with Crippen molar-refractivity contribution in [3.63, 3.8) is 0 Å². The molecule has 0 bridgehead atoms. The van der Waals surface area contributed by atoms with Gasteiger partial charge in [0.2, 0.25) is 0 Å².